The summed E-state index contributed by atoms with van der Waals surface area (Å²) in [5.41, 5.74) is 1.66. The fraction of sp³-hybridized carbons (Fsp3) is 0.871. The molecule has 4 rings (SSSR count). The van der Waals surface area contributed by atoms with E-state index in [0.29, 0.717) is 35.9 Å². The Labute approximate surface area is 208 Å². The molecule has 0 aromatic heterocycles. The number of rotatable bonds is 10. The van der Waals surface area contributed by atoms with Gasteiger partial charge >= 0.3 is 5.97 Å². The van der Waals surface area contributed by atoms with Crippen LogP contribution in [0.3, 0.4) is 0 Å². The monoisotopic (exact) mass is 470 g/mol. The molecule has 0 saturated heterocycles. The van der Waals surface area contributed by atoms with Crippen LogP contribution in [0.4, 0.5) is 0 Å². The number of carbonyl (C=O) groups is 2. The molecule has 0 aromatic rings. The quantitative estimate of drug-likeness (QED) is 0.239. The number of ether oxygens (including phenoxy) is 1. The van der Waals surface area contributed by atoms with Gasteiger partial charge in [-0.3, -0.25) is 9.59 Å². The zero-order chi connectivity index (χ0) is 24.3. The zero-order valence-electron chi connectivity index (χ0n) is 22.5. The molecule has 34 heavy (non-hydrogen) atoms. The Morgan fingerprint density at radius 1 is 0.941 bits per heavy atom. The van der Waals surface area contributed by atoms with Gasteiger partial charge in [0.05, 0.1) is 0 Å². The largest absolute Gasteiger partial charge is 0.462 e. The normalized spacial score (nSPS) is 39.1. The summed E-state index contributed by atoms with van der Waals surface area (Å²) < 4.78 is 6.20. The first-order chi connectivity index (χ1) is 16.3. The Kier molecular flexibility index (Phi) is 8.30. The molecule has 192 valence electrons. The average Bonchev–Trinajstić information content (AvgIpc) is 3.13. The van der Waals surface area contributed by atoms with Crippen LogP contribution in [0.15, 0.2) is 11.6 Å². The SMILES string of the molecule is CCCCCCCCCCC(=O)O[C@H]1CC[C@H]2[C@@H]3CC[C@H]4CC(=O)C=C(C)[C@]4(C)[C@H]3CC[C@]12C. The topological polar surface area (TPSA) is 43.4 Å². The van der Waals surface area contributed by atoms with Gasteiger partial charge in [0.15, 0.2) is 5.78 Å². The third-order valence-corrected chi connectivity index (χ3v) is 11.0. The molecule has 4 aliphatic carbocycles. The van der Waals surface area contributed by atoms with E-state index in [1.165, 1.54) is 69.8 Å². The fourth-order valence-corrected chi connectivity index (χ4v) is 8.82. The lowest BCUT2D eigenvalue weighted by Crippen LogP contribution is -2.54. The second kappa shape index (κ2) is 10.9. The third kappa shape index (κ3) is 4.92. The van der Waals surface area contributed by atoms with Gasteiger partial charge in [-0.25, -0.2) is 0 Å². The van der Waals surface area contributed by atoms with Gasteiger partial charge in [-0.2, -0.15) is 0 Å². The van der Waals surface area contributed by atoms with Crippen molar-refractivity contribution in [2.24, 2.45) is 34.5 Å². The van der Waals surface area contributed by atoms with Crippen LogP contribution < -0.4 is 0 Å². The summed E-state index contributed by atoms with van der Waals surface area (Å²) >= 11 is 0. The van der Waals surface area contributed by atoms with Crippen molar-refractivity contribution in [2.75, 3.05) is 0 Å². The van der Waals surface area contributed by atoms with Crippen molar-refractivity contribution < 1.29 is 14.3 Å². The Balaban J connectivity index is 1.30. The van der Waals surface area contributed by atoms with Crippen LogP contribution in [0.5, 0.6) is 0 Å². The van der Waals surface area contributed by atoms with Gasteiger partial charge in [0.1, 0.15) is 6.10 Å². The van der Waals surface area contributed by atoms with Crippen molar-refractivity contribution in [1.29, 1.82) is 0 Å². The predicted molar refractivity (Wildman–Crippen MR) is 138 cm³/mol. The van der Waals surface area contributed by atoms with Crippen molar-refractivity contribution in [1.82, 2.24) is 0 Å². The van der Waals surface area contributed by atoms with E-state index < -0.39 is 0 Å². The van der Waals surface area contributed by atoms with Crippen LogP contribution in [0.25, 0.3) is 0 Å². The van der Waals surface area contributed by atoms with E-state index in [0.717, 1.165) is 32.1 Å². The average molecular weight is 471 g/mol. The summed E-state index contributed by atoms with van der Waals surface area (Å²) in [6.07, 6.45) is 20.5. The highest BCUT2D eigenvalue weighted by Gasteiger charge is 2.61. The Hall–Kier alpha value is -1.12. The van der Waals surface area contributed by atoms with E-state index in [1.54, 1.807) is 0 Å². The molecule has 0 N–H and O–H groups in total. The summed E-state index contributed by atoms with van der Waals surface area (Å²) in [6.45, 7) is 9.36. The van der Waals surface area contributed by atoms with Gasteiger partial charge in [0, 0.05) is 18.3 Å². The predicted octanol–water partition coefficient (Wildman–Crippen LogP) is 8.21. The molecule has 3 nitrogen and oxygen atoms in total. The van der Waals surface area contributed by atoms with Crippen LogP contribution in [-0.2, 0) is 14.3 Å². The van der Waals surface area contributed by atoms with E-state index in [1.807, 2.05) is 6.08 Å². The maximum atomic E-state index is 12.7. The lowest BCUT2D eigenvalue weighted by molar-refractivity contribution is -0.161. The number of hydrogen-bond donors (Lipinski definition) is 0. The summed E-state index contributed by atoms with van der Waals surface area (Å²) in [7, 11) is 0. The third-order valence-electron chi connectivity index (χ3n) is 11.0. The molecule has 0 unspecified atom stereocenters. The summed E-state index contributed by atoms with van der Waals surface area (Å²) in [5, 5.41) is 0. The van der Waals surface area contributed by atoms with Gasteiger partial charge < -0.3 is 4.74 Å². The molecule has 0 radical (unpaired) electrons. The van der Waals surface area contributed by atoms with Crippen molar-refractivity contribution in [3.63, 3.8) is 0 Å². The molecule has 0 aliphatic heterocycles. The van der Waals surface area contributed by atoms with Gasteiger partial charge in [-0.05, 0) is 87.0 Å². The van der Waals surface area contributed by atoms with Crippen molar-refractivity contribution in [3.05, 3.63) is 11.6 Å². The molecule has 3 saturated carbocycles. The van der Waals surface area contributed by atoms with Crippen LogP contribution >= 0.6 is 0 Å². The molecule has 0 bridgehead atoms. The number of hydrogen-bond acceptors (Lipinski definition) is 3. The van der Waals surface area contributed by atoms with Crippen LogP contribution in [-0.4, -0.2) is 17.9 Å². The molecule has 0 aromatic carbocycles. The van der Waals surface area contributed by atoms with Crippen LogP contribution in [0, 0.1) is 34.5 Å². The van der Waals surface area contributed by atoms with Crippen molar-refractivity contribution in [2.45, 2.75) is 137 Å². The number of ketones is 1. The van der Waals surface area contributed by atoms with Crippen molar-refractivity contribution in [3.8, 4) is 0 Å². The second-order valence-electron chi connectivity index (χ2n) is 12.8. The van der Waals surface area contributed by atoms with Gasteiger partial charge in [0.2, 0.25) is 0 Å². The van der Waals surface area contributed by atoms with E-state index in [2.05, 4.69) is 27.7 Å². The summed E-state index contributed by atoms with van der Waals surface area (Å²) in [6, 6.07) is 0. The van der Waals surface area contributed by atoms with Crippen LogP contribution in [0.2, 0.25) is 0 Å². The minimum absolute atomic E-state index is 0.0419. The molecule has 3 fully saturated rings. The van der Waals surface area contributed by atoms with E-state index in [9.17, 15) is 9.59 Å². The van der Waals surface area contributed by atoms with E-state index in [4.69, 9.17) is 4.74 Å². The molecular weight excluding hydrogens is 420 g/mol. The highest BCUT2D eigenvalue weighted by atomic mass is 16.5. The van der Waals surface area contributed by atoms with E-state index >= 15 is 0 Å². The lowest BCUT2D eigenvalue weighted by Gasteiger charge is -2.60. The summed E-state index contributed by atoms with van der Waals surface area (Å²) in [4.78, 5) is 25.0. The first-order valence-corrected chi connectivity index (χ1v) is 14.7. The maximum absolute atomic E-state index is 12.7. The highest BCUT2D eigenvalue weighted by molar-refractivity contribution is 5.91. The van der Waals surface area contributed by atoms with Crippen molar-refractivity contribution >= 4 is 11.8 Å². The fourth-order valence-electron chi connectivity index (χ4n) is 8.82. The van der Waals surface area contributed by atoms with Gasteiger partial charge in [-0.1, -0.05) is 71.3 Å². The van der Waals surface area contributed by atoms with Gasteiger partial charge in [-0.15, -0.1) is 0 Å². The molecule has 4 aliphatic rings. The number of esters is 1. The zero-order valence-corrected chi connectivity index (χ0v) is 22.5. The second-order valence-corrected chi connectivity index (χ2v) is 12.8. The van der Waals surface area contributed by atoms with E-state index in [-0.39, 0.29) is 22.9 Å². The maximum Gasteiger partial charge on any atom is 0.306 e. The number of fused-ring (bicyclic) bond motifs is 5. The standard InChI is InChI=1S/C31H50O3/c1-5-6-7-8-9-10-11-12-13-29(33)34-28-17-16-26-25-15-14-23-21-24(32)20-22(2)31(23,4)27(25)18-19-30(26,28)3/h20,23,25-28H,5-19,21H2,1-4H3/t23-,25-,26-,27-,28-,30-,31-/m0/s1. The molecule has 7 atom stereocenters. The smallest absolute Gasteiger partial charge is 0.306 e. The summed E-state index contributed by atoms with van der Waals surface area (Å²) in [5.74, 6) is 2.96. The molecular formula is C31H50O3. The number of allylic oxidation sites excluding steroid dienone is 2. The molecule has 0 heterocycles. The van der Waals surface area contributed by atoms with Crippen LogP contribution in [0.1, 0.15) is 130 Å². The highest BCUT2D eigenvalue weighted by Crippen LogP contribution is 2.66. The first kappa shape index (κ1) is 26.0. The molecule has 0 amide bonds. The van der Waals surface area contributed by atoms with Gasteiger partial charge in [0.25, 0.3) is 0 Å². The molecule has 3 heteroatoms. The Morgan fingerprint density at radius 3 is 2.38 bits per heavy atom. The minimum atomic E-state index is 0.0419. The minimum Gasteiger partial charge on any atom is -0.462 e. The number of unbranched alkanes of at least 4 members (excludes halogenated alkanes) is 7. The number of carbonyl (C=O) groups excluding carboxylic acids is 2. The Bertz CT molecular complexity index is 769. The lowest BCUT2D eigenvalue weighted by atomic mass is 9.45. The molecule has 0 spiro atoms. The Morgan fingerprint density at radius 2 is 1.65 bits per heavy atom. The first-order valence-electron chi connectivity index (χ1n) is 14.7.